The summed E-state index contributed by atoms with van der Waals surface area (Å²) >= 11 is 6.32. The summed E-state index contributed by atoms with van der Waals surface area (Å²) < 4.78 is 5.63. The molecular weight excluding hydrogens is 376 g/mol. The van der Waals surface area contributed by atoms with Crippen molar-refractivity contribution in [3.63, 3.8) is 0 Å². The van der Waals surface area contributed by atoms with E-state index in [9.17, 15) is 9.90 Å². The minimum atomic E-state index is -0.702. The van der Waals surface area contributed by atoms with Crippen molar-refractivity contribution in [2.75, 3.05) is 39.2 Å². The zero-order valence-electron chi connectivity index (χ0n) is 16.6. The first-order valence-electron chi connectivity index (χ1n) is 9.48. The van der Waals surface area contributed by atoms with Crippen molar-refractivity contribution in [1.82, 2.24) is 4.90 Å². The monoisotopic (exact) mass is 402 g/mol. The normalized spacial score (nSPS) is 16.6. The van der Waals surface area contributed by atoms with Crippen LogP contribution in [0.4, 0.5) is 5.69 Å². The van der Waals surface area contributed by atoms with E-state index in [0.717, 1.165) is 22.6 Å². The summed E-state index contributed by atoms with van der Waals surface area (Å²) in [6.07, 6.45) is 1.29. The number of carboxylic acid groups (broad SMARTS) is 1. The number of rotatable bonds is 6. The molecule has 2 aromatic rings. The Morgan fingerprint density at radius 3 is 2.36 bits per heavy atom. The maximum absolute atomic E-state index is 11.4. The lowest BCUT2D eigenvalue weighted by molar-refractivity contribution is -0.143. The zero-order valence-corrected chi connectivity index (χ0v) is 17.3. The Bertz CT molecular complexity index is 815. The summed E-state index contributed by atoms with van der Waals surface area (Å²) in [5.41, 5.74) is 3.27. The van der Waals surface area contributed by atoms with Crippen molar-refractivity contribution in [3.05, 3.63) is 58.6 Å². The van der Waals surface area contributed by atoms with Crippen molar-refractivity contribution < 1.29 is 14.6 Å². The summed E-state index contributed by atoms with van der Waals surface area (Å²) in [5, 5.41) is 10.00. The van der Waals surface area contributed by atoms with E-state index >= 15 is 0 Å². The molecule has 2 aromatic carbocycles. The number of hydrogen-bond acceptors (Lipinski definition) is 4. The molecular formula is C22H27ClN2O3. The third-order valence-corrected chi connectivity index (χ3v) is 5.69. The van der Waals surface area contributed by atoms with Crippen LogP contribution in [0.25, 0.3) is 0 Å². The van der Waals surface area contributed by atoms with Crippen molar-refractivity contribution in [2.24, 2.45) is 5.92 Å². The number of carbonyl (C=O) groups is 1. The maximum Gasteiger partial charge on any atom is 0.306 e. The molecule has 1 atom stereocenters. The van der Waals surface area contributed by atoms with Gasteiger partial charge in [0.1, 0.15) is 5.75 Å². The van der Waals surface area contributed by atoms with Crippen LogP contribution in [0, 0.1) is 5.92 Å². The number of piperidine rings is 1. The Morgan fingerprint density at radius 1 is 1.18 bits per heavy atom. The lowest BCUT2D eigenvalue weighted by Gasteiger charge is -2.37. The van der Waals surface area contributed by atoms with Gasteiger partial charge in [0.15, 0.2) is 0 Å². The van der Waals surface area contributed by atoms with E-state index in [1.54, 1.807) is 7.11 Å². The third-order valence-electron chi connectivity index (χ3n) is 5.46. The fourth-order valence-corrected chi connectivity index (χ4v) is 4.05. The number of halogens is 1. The number of hydrogen-bond donors (Lipinski definition) is 1. The SMILES string of the molecule is COc1ccc(Cl)cc1C(c1ccc(N(C)C)cc1)N1CCC(C(=O)O)CC1. The third kappa shape index (κ3) is 4.42. The van der Waals surface area contributed by atoms with E-state index < -0.39 is 5.97 Å². The number of aliphatic carboxylic acids is 1. The number of methoxy groups -OCH3 is 1. The van der Waals surface area contributed by atoms with Gasteiger partial charge in [-0.3, -0.25) is 9.69 Å². The second-order valence-corrected chi connectivity index (χ2v) is 7.86. The molecule has 3 rings (SSSR count). The average molecular weight is 403 g/mol. The molecule has 1 saturated heterocycles. The van der Waals surface area contributed by atoms with Gasteiger partial charge < -0.3 is 14.7 Å². The number of ether oxygens (including phenoxy) is 1. The van der Waals surface area contributed by atoms with Crippen molar-refractivity contribution in [3.8, 4) is 5.75 Å². The largest absolute Gasteiger partial charge is 0.496 e. The first-order valence-corrected chi connectivity index (χ1v) is 9.86. The molecule has 0 bridgehead atoms. The Hall–Kier alpha value is -2.24. The summed E-state index contributed by atoms with van der Waals surface area (Å²) in [7, 11) is 5.70. The second kappa shape index (κ2) is 8.84. The van der Waals surface area contributed by atoms with Gasteiger partial charge in [-0.15, -0.1) is 0 Å². The maximum atomic E-state index is 11.4. The fourth-order valence-electron chi connectivity index (χ4n) is 3.87. The van der Waals surface area contributed by atoms with Gasteiger partial charge in [0.2, 0.25) is 0 Å². The summed E-state index contributed by atoms with van der Waals surface area (Å²) in [6.45, 7) is 1.43. The molecule has 1 unspecified atom stereocenters. The van der Waals surface area contributed by atoms with Gasteiger partial charge in [0.25, 0.3) is 0 Å². The van der Waals surface area contributed by atoms with Crippen molar-refractivity contribution in [2.45, 2.75) is 18.9 Å². The lowest BCUT2D eigenvalue weighted by Crippen LogP contribution is -2.39. The van der Waals surface area contributed by atoms with Gasteiger partial charge >= 0.3 is 5.97 Å². The smallest absolute Gasteiger partial charge is 0.306 e. The number of carboxylic acids is 1. The van der Waals surface area contributed by atoms with Gasteiger partial charge in [-0.25, -0.2) is 0 Å². The highest BCUT2D eigenvalue weighted by atomic mass is 35.5. The van der Waals surface area contributed by atoms with Gasteiger partial charge in [0, 0.05) is 30.4 Å². The van der Waals surface area contributed by atoms with E-state index in [1.165, 1.54) is 0 Å². The highest BCUT2D eigenvalue weighted by Crippen LogP contribution is 2.38. The Kier molecular flexibility index (Phi) is 6.47. The highest BCUT2D eigenvalue weighted by molar-refractivity contribution is 6.30. The molecule has 1 aliphatic rings. The van der Waals surface area contributed by atoms with Crippen LogP contribution in [0.2, 0.25) is 5.02 Å². The van der Waals surface area contributed by atoms with Crippen molar-refractivity contribution >= 4 is 23.3 Å². The summed E-state index contributed by atoms with van der Waals surface area (Å²) in [4.78, 5) is 15.8. The Labute approximate surface area is 171 Å². The zero-order chi connectivity index (χ0) is 20.3. The predicted octanol–water partition coefficient (Wildman–Crippen LogP) is 4.30. The molecule has 6 heteroatoms. The van der Waals surface area contributed by atoms with Crippen LogP contribution in [0.1, 0.15) is 30.0 Å². The van der Waals surface area contributed by atoms with E-state index in [1.807, 2.05) is 32.3 Å². The van der Waals surface area contributed by atoms with Crippen LogP contribution >= 0.6 is 11.6 Å². The molecule has 0 amide bonds. The predicted molar refractivity (Wildman–Crippen MR) is 113 cm³/mol. The van der Waals surface area contributed by atoms with Crippen LogP contribution in [-0.4, -0.2) is 50.3 Å². The van der Waals surface area contributed by atoms with E-state index in [2.05, 4.69) is 34.1 Å². The average Bonchev–Trinajstić information content (AvgIpc) is 2.69. The van der Waals surface area contributed by atoms with Crippen LogP contribution in [-0.2, 0) is 4.79 Å². The van der Waals surface area contributed by atoms with Crippen LogP contribution in [0.5, 0.6) is 5.75 Å². The number of likely N-dealkylation sites (tertiary alicyclic amines) is 1. The van der Waals surface area contributed by atoms with Gasteiger partial charge in [-0.05, 0) is 61.8 Å². The molecule has 0 spiro atoms. The van der Waals surface area contributed by atoms with Gasteiger partial charge in [0.05, 0.1) is 19.1 Å². The molecule has 1 N–H and O–H groups in total. The number of anilines is 1. The Morgan fingerprint density at radius 2 is 1.82 bits per heavy atom. The summed E-state index contributed by atoms with van der Waals surface area (Å²) in [5.74, 6) is -0.187. The first kappa shape index (κ1) is 20.5. The Balaban J connectivity index is 2.00. The standard InChI is InChI=1S/C22H27ClN2O3/c1-24(2)18-7-4-15(5-8-18)21(19-14-17(23)6-9-20(19)28-3)25-12-10-16(11-13-25)22(26)27/h4-9,14,16,21H,10-13H2,1-3H3,(H,26,27). The fraction of sp³-hybridized carbons (Fsp3) is 0.409. The number of benzene rings is 2. The highest BCUT2D eigenvalue weighted by Gasteiger charge is 2.31. The number of nitrogens with zero attached hydrogens (tertiary/aromatic N) is 2. The molecule has 0 saturated carbocycles. The molecule has 0 aromatic heterocycles. The molecule has 0 aliphatic carbocycles. The second-order valence-electron chi connectivity index (χ2n) is 7.42. The van der Waals surface area contributed by atoms with Gasteiger partial charge in [-0.1, -0.05) is 23.7 Å². The van der Waals surface area contributed by atoms with Gasteiger partial charge in [-0.2, -0.15) is 0 Å². The molecule has 1 fully saturated rings. The first-order chi connectivity index (χ1) is 13.4. The van der Waals surface area contributed by atoms with E-state index in [0.29, 0.717) is 31.0 Å². The minimum absolute atomic E-state index is 0.0420. The molecule has 1 heterocycles. The molecule has 1 aliphatic heterocycles. The lowest BCUT2D eigenvalue weighted by atomic mass is 9.91. The molecule has 5 nitrogen and oxygen atoms in total. The van der Waals surface area contributed by atoms with E-state index in [-0.39, 0.29) is 12.0 Å². The van der Waals surface area contributed by atoms with Crippen LogP contribution in [0.15, 0.2) is 42.5 Å². The molecule has 0 radical (unpaired) electrons. The molecule has 28 heavy (non-hydrogen) atoms. The van der Waals surface area contributed by atoms with E-state index in [4.69, 9.17) is 16.3 Å². The topological polar surface area (TPSA) is 53.0 Å². The van der Waals surface area contributed by atoms with Crippen LogP contribution < -0.4 is 9.64 Å². The minimum Gasteiger partial charge on any atom is -0.496 e. The van der Waals surface area contributed by atoms with Crippen LogP contribution in [0.3, 0.4) is 0 Å². The quantitative estimate of drug-likeness (QED) is 0.780. The molecule has 150 valence electrons. The van der Waals surface area contributed by atoms with Crippen molar-refractivity contribution in [1.29, 1.82) is 0 Å². The summed E-state index contributed by atoms with van der Waals surface area (Å²) in [6, 6.07) is 14.1.